The minimum absolute atomic E-state index is 0.109. The lowest BCUT2D eigenvalue weighted by atomic mass is 9.59. The topological polar surface area (TPSA) is 124 Å². The highest BCUT2D eigenvalue weighted by molar-refractivity contribution is 6.04. The summed E-state index contributed by atoms with van der Waals surface area (Å²) in [5.74, 6) is -4.14. The average Bonchev–Trinajstić information content (AvgIpc) is 3.24. The van der Waals surface area contributed by atoms with Crippen LogP contribution in [0.4, 0.5) is 0 Å². The van der Waals surface area contributed by atoms with E-state index in [9.17, 15) is 30.0 Å². The van der Waals surface area contributed by atoms with Crippen molar-refractivity contribution in [2.45, 2.75) is 57.0 Å². The van der Waals surface area contributed by atoms with E-state index in [-0.39, 0.29) is 13.0 Å². The minimum atomic E-state index is -1.92. The molecular formula is C29H34O7. The quantitative estimate of drug-likeness (QED) is 0.287. The first-order chi connectivity index (χ1) is 16.8. The van der Waals surface area contributed by atoms with Gasteiger partial charge in [-0.25, -0.2) is 4.79 Å². The summed E-state index contributed by atoms with van der Waals surface area (Å²) in [4.78, 5) is 26.0. The zero-order chi connectivity index (χ0) is 26.3. The summed E-state index contributed by atoms with van der Waals surface area (Å²) >= 11 is 0. The smallest absolute Gasteiger partial charge is 0.331 e. The van der Waals surface area contributed by atoms with Crippen molar-refractivity contribution in [2.75, 3.05) is 6.61 Å². The Bertz CT molecular complexity index is 1200. The predicted molar refractivity (Wildman–Crippen MR) is 132 cm³/mol. The average molecular weight is 495 g/mol. The van der Waals surface area contributed by atoms with Crippen LogP contribution in [-0.2, 0) is 14.3 Å². The minimum Gasteiger partial charge on any atom is -0.456 e. The zero-order valence-corrected chi connectivity index (χ0v) is 21.0. The number of hydrogen-bond donors (Lipinski definition) is 4. The van der Waals surface area contributed by atoms with Crippen LogP contribution >= 0.6 is 0 Å². The maximum absolute atomic E-state index is 13.1. The van der Waals surface area contributed by atoms with E-state index in [1.807, 2.05) is 44.2 Å². The van der Waals surface area contributed by atoms with Gasteiger partial charge in [0.05, 0.1) is 12.2 Å². The van der Waals surface area contributed by atoms with Crippen molar-refractivity contribution in [3.05, 3.63) is 65.3 Å². The maximum atomic E-state index is 13.1. The second-order valence-electron chi connectivity index (χ2n) is 11.6. The molecule has 1 aromatic rings. The summed E-state index contributed by atoms with van der Waals surface area (Å²) in [5, 5.41) is 46.0. The van der Waals surface area contributed by atoms with Crippen molar-refractivity contribution in [3.8, 4) is 0 Å². The Balaban J connectivity index is 1.57. The molecule has 192 valence electrons. The molecule has 7 heteroatoms. The molecule has 4 aliphatic rings. The molecule has 4 N–H and O–H groups in total. The molecule has 0 aliphatic heterocycles. The second kappa shape index (κ2) is 7.96. The predicted octanol–water partition coefficient (Wildman–Crippen LogP) is 2.19. The molecule has 36 heavy (non-hydrogen) atoms. The van der Waals surface area contributed by atoms with Gasteiger partial charge in [0, 0.05) is 41.6 Å². The van der Waals surface area contributed by atoms with E-state index in [0.29, 0.717) is 11.1 Å². The number of benzene rings is 1. The van der Waals surface area contributed by atoms with E-state index in [1.54, 1.807) is 32.1 Å². The molecule has 4 aliphatic carbocycles. The van der Waals surface area contributed by atoms with Crippen LogP contribution in [0.3, 0.4) is 0 Å². The maximum Gasteiger partial charge on any atom is 0.331 e. The number of ether oxygens (including phenoxy) is 1. The first kappa shape index (κ1) is 25.1. The molecule has 7 nitrogen and oxygen atoms in total. The Hall–Kier alpha value is -2.58. The van der Waals surface area contributed by atoms with Crippen molar-refractivity contribution >= 4 is 17.8 Å². The van der Waals surface area contributed by atoms with E-state index < -0.39 is 63.7 Å². The number of fused-ring (bicyclic) bond motifs is 5. The standard InChI is InChI=1S/C29H34O7/c1-16-12-21-27(33,24(16)32)14-19(15-30)13-20-23-26(3,4)29(23,35)25(17(2)28(20,21)34)36-22(31)11-10-18-8-6-5-7-9-18/h5-13,17,20-21,23,25,30,33-35H,14-15H2,1-4H3/b11-10+/t17-,20+,21-,23-,25-,27-,28-,29-/m1/s1. The lowest BCUT2D eigenvalue weighted by Crippen LogP contribution is -2.65. The summed E-state index contributed by atoms with van der Waals surface area (Å²) in [7, 11) is 0. The van der Waals surface area contributed by atoms with E-state index in [0.717, 1.165) is 5.56 Å². The van der Waals surface area contributed by atoms with Gasteiger partial charge in [0.2, 0.25) is 0 Å². The van der Waals surface area contributed by atoms with Crippen molar-refractivity contribution < 1.29 is 34.8 Å². The summed E-state index contributed by atoms with van der Waals surface area (Å²) in [6, 6.07) is 9.26. The van der Waals surface area contributed by atoms with Gasteiger partial charge in [0.1, 0.15) is 17.3 Å². The fourth-order valence-electron chi connectivity index (χ4n) is 7.50. The Morgan fingerprint density at radius 1 is 1.14 bits per heavy atom. The van der Waals surface area contributed by atoms with Crippen LogP contribution in [0.5, 0.6) is 0 Å². The van der Waals surface area contributed by atoms with Gasteiger partial charge < -0.3 is 25.2 Å². The van der Waals surface area contributed by atoms with Gasteiger partial charge in [-0.05, 0) is 29.7 Å². The van der Waals surface area contributed by atoms with Gasteiger partial charge in [0.15, 0.2) is 5.78 Å². The van der Waals surface area contributed by atoms with Crippen molar-refractivity contribution in [3.63, 3.8) is 0 Å². The molecule has 0 radical (unpaired) electrons. The van der Waals surface area contributed by atoms with E-state index in [1.165, 1.54) is 6.08 Å². The normalized spacial score (nSPS) is 42.6. The van der Waals surface area contributed by atoms with E-state index in [2.05, 4.69) is 0 Å². The van der Waals surface area contributed by atoms with E-state index >= 15 is 0 Å². The molecule has 5 rings (SSSR count). The van der Waals surface area contributed by atoms with Crippen LogP contribution in [0.2, 0.25) is 0 Å². The SMILES string of the molecule is CC1=C[C@H]2[C@@]3(O)[C@H](C)[C@@H](OC(=O)/C=C/c4ccccc4)[C@]4(O)[C@H]([C@@H]3C=C(CO)C[C@]2(O)C1=O)C4(C)C. The van der Waals surface area contributed by atoms with Crippen molar-refractivity contribution in [1.29, 1.82) is 0 Å². The Morgan fingerprint density at radius 2 is 1.81 bits per heavy atom. The van der Waals surface area contributed by atoms with Crippen LogP contribution in [0, 0.1) is 29.1 Å². The Morgan fingerprint density at radius 3 is 2.44 bits per heavy atom. The first-order valence-corrected chi connectivity index (χ1v) is 12.5. The molecule has 0 unspecified atom stereocenters. The molecule has 1 aromatic carbocycles. The van der Waals surface area contributed by atoms with Crippen LogP contribution in [0.15, 0.2) is 59.7 Å². The summed E-state index contributed by atoms with van der Waals surface area (Å²) < 4.78 is 5.87. The molecule has 0 amide bonds. The largest absolute Gasteiger partial charge is 0.456 e. The molecule has 2 saturated carbocycles. The highest BCUT2D eigenvalue weighted by Crippen LogP contribution is 2.75. The summed E-state index contributed by atoms with van der Waals surface area (Å²) in [6.45, 7) is 6.64. The highest BCUT2D eigenvalue weighted by atomic mass is 16.6. The number of esters is 1. The van der Waals surface area contributed by atoms with Crippen LogP contribution < -0.4 is 0 Å². The molecule has 8 atom stereocenters. The molecule has 0 spiro atoms. The van der Waals surface area contributed by atoms with Gasteiger partial charge >= 0.3 is 5.97 Å². The molecule has 0 bridgehead atoms. The third kappa shape index (κ3) is 3.13. The number of aliphatic hydroxyl groups excluding tert-OH is 1. The van der Waals surface area contributed by atoms with Crippen LogP contribution in [0.25, 0.3) is 6.08 Å². The lowest BCUT2D eigenvalue weighted by molar-refractivity contribution is -0.219. The molecule has 0 saturated heterocycles. The number of Topliss-reactive ketones (excluding diaryl/α,β-unsaturated/α-hetero) is 1. The summed E-state index contributed by atoms with van der Waals surface area (Å²) in [5.41, 5.74) is -4.19. The number of carbonyl (C=O) groups is 2. The lowest BCUT2D eigenvalue weighted by Gasteiger charge is -2.52. The Kier molecular flexibility index (Phi) is 5.54. The van der Waals surface area contributed by atoms with Gasteiger partial charge in [0.25, 0.3) is 0 Å². The van der Waals surface area contributed by atoms with Gasteiger partial charge in [-0.2, -0.15) is 0 Å². The number of rotatable bonds is 4. The number of aliphatic hydroxyl groups is 4. The van der Waals surface area contributed by atoms with Gasteiger partial charge in [-0.3, -0.25) is 4.79 Å². The van der Waals surface area contributed by atoms with Gasteiger partial charge in [-0.1, -0.05) is 63.3 Å². The van der Waals surface area contributed by atoms with E-state index in [4.69, 9.17) is 4.74 Å². The third-order valence-electron chi connectivity index (χ3n) is 9.46. The monoisotopic (exact) mass is 494 g/mol. The van der Waals surface area contributed by atoms with Gasteiger partial charge in [-0.15, -0.1) is 0 Å². The third-order valence-corrected chi connectivity index (χ3v) is 9.46. The van der Waals surface area contributed by atoms with Crippen LogP contribution in [0.1, 0.15) is 39.7 Å². The van der Waals surface area contributed by atoms with Crippen molar-refractivity contribution in [2.24, 2.45) is 29.1 Å². The van der Waals surface area contributed by atoms with Crippen molar-refractivity contribution in [1.82, 2.24) is 0 Å². The number of ketones is 1. The fourth-order valence-corrected chi connectivity index (χ4v) is 7.50. The second-order valence-corrected chi connectivity index (χ2v) is 11.6. The fraction of sp³-hybridized carbons (Fsp3) is 0.517. The first-order valence-electron chi connectivity index (χ1n) is 12.5. The summed E-state index contributed by atoms with van der Waals surface area (Å²) in [6.07, 6.45) is 5.05. The van der Waals surface area contributed by atoms with Crippen LogP contribution in [-0.4, -0.2) is 61.7 Å². The molecule has 0 aromatic heterocycles. The molecule has 2 fully saturated rings. The Labute approximate surface area is 210 Å². The highest BCUT2D eigenvalue weighted by Gasteiger charge is 2.85. The number of carbonyl (C=O) groups excluding carboxylic acids is 2. The number of hydrogen-bond acceptors (Lipinski definition) is 7. The molecular weight excluding hydrogens is 460 g/mol. The zero-order valence-electron chi connectivity index (χ0n) is 21.0. The molecule has 0 heterocycles.